The summed E-state index contributed by atoms with van der Waals surface area (Å²) in [4.78, 5) is 4.15. The van der Waals surface area contributed by atoms with Crippen molar-refractivity contribution in [3.63, 3.8) is 0 Å². The summed E-state index contributed by atoms with van der Waals surface area (Å²) in [6, 6.07) is 6.23. The Balaban J connectivity index is 2.42. The number of hydrogen-bond donors (Lipinski definition) is 2. The van der Waals surface area contributed by atoms with Gasteiger partial charge in [0.1, 0.15) is 15.7 Å². The molecule has 9 heteroatoms. The molecule has 3 N–H and O–H groups in total. The average molecular weight is 400 g/mol. The van der Waals surface area contributed by atoms with Crippen LogP contribution in [0.5, 0.6) is 11.5 Å². The van der Waals surface area contributed by atoms with E-state index in [-0.39, 0.29) is 5.75 Å². The molecule has 0 radical (unpaired) electrons. The molecule has 1 aromatic carbocycles. The second-order valence-corrected chi connectivity index (χ2v) is 8.35. The number of hydrogen-bond acceptors (Lipinski definition) is 7. The van der Waals surface area contributed by atoms with Gasteiger partial charge in [-0.2, -0.15) is 0 Å². The molecule has 7 nitrogen and oxygen atoms in total. The third-order valence-electron chi connectivity index (χ3n) is 3.55. The van der Waals surface area contributed by atoms with Crippen LogP contribution in [0.1, 0.15) is 18.5 Å². The monoisotopic (exact) mass is 399 g/mol. The SMILES string of the molecule is CCOc1cc([C@@H](CS(C)(=O)=O)Nc2ncc(Cl)cc2N)ccc1OC. The highest BCUT2D eigenvalue weighted by molar-refractivity contribution is 7.90. The van der Waals surface area contributed by atoms with E-state index in [9.17, 15) is 8.42 Å². The third-order valence-corrected chi connectivity index (χ3v) is 4.70. The number of nitrogen functional groups attached to an aromatic ring is 1. The Labute approximate surface area is 158 Å². The highest BCUT2D eigenvalue weighted by Crippen LogP contribution is 2.33. The predicted octanol–water partition coefficient (Wildman–Crippen LogP) is 2.92. The van der Waals surface area contributed by atoms with Crippen LogP contribution in [0.25, 0.3) is 0 Å². The van der Waals surface area contributed by atoms with E-state index in [1.807, 2.05) is 6.92 Å². The summed E-state index contributed by atoms with van der Waals surface area (Å²) in [5, 5.41) is 3.48. The number of aromatic nitrogens is 1. The quantitative estimate of drug-likeness (QED) is 0.703. The van der Waals surface area contributed by atoms with Gasteiger partial charge in [-0.05, 0) is 30.7 Å². The van der Waals surface area contributed by atoms with Crippen LogP contribution in [-0.4, -0.2) is 39.1 Å². The minimum absolute atomic E-state index is 0.144. The Morgan fingerprint density at radius 1 is 1.31 bits per heavy atom. The van der Waals surface area contributed by atoms with Crippen molar-refractivity contribution < 1.29 is 17.9 Å². The maximum atomic E-state index is 11.9. The standard InChI is InChI=1S/C17H22ClN3O4S/c1-4-25-16-7-11(5-6-15(16)24-2)14(10-26(3,22)23)21-17-13(19)8-12(18)9-20-17/h5-9,14H,4,10,19H2,1-3H3,(H,20,21)/t14-/m1/s1. The Morgan fingerprint density at radius 3 is 2.62 bits per heavy atom. The number of nitrogens with zero attached hydrogens (tertiary/aromatic N) is 1. The lowest BCUT2D eigenvalue weighted by Gasteiger charge is -2.21. The number of ether oxygens (including phenoxy) is 2. The highest BCUT2D eigenvalue weighted by Gasteiger charge is 2.21. The number of methoxy groups -OCH3 is 1. The Hall–Kier alpha value is -2.19. The van der Waals surface area contributed by atoms with Crippen LogP contribution in [0.4, 0.5) is 11.5 Å². The number of anilines is 2. The smallest absolute Gasteiger partial charge is 0.161 e. The van der Waals surface area contributed by atoms with Crippen LogP contribution in [0.3, 0.4) is 0 Å². The zero-order chi connectivity index (χ0) is 19.3. The third kappa shape index (κ3) is 5.40. The molecule has 1 atom stereocenters. The first-order valence-corrected chi connectivity index (χ1v) is 10.3. The van der Waals surface area contributed by atoms with E-state index in [1.54, 1.807) is 31.4 Å². The van der Waals surface area contributed by atoms with Crippen LogP contribution in [0, 0.1) is 0 Å². The van der Waals surface area contributed by atoms with Gasteiger partial charge in [0.2, 0.25) is 0 Å². The lowest BCUT2D eigenvalue weighted by atomic mass is 10.1. The van der Waals surface area contributed by atoms with Crippen LogP contribution >= 0.6 is 11.6 Å². The number of halogens is 1. The molecule has 0 saturated heterocycles. The van der Waals surface area contributed by atoms with Crippen molar-refractivity contribution in [1.29, 1.82) is 0 Å². The largest absolute Gasteiger partial charge is 0.493 e. The summed E-state index contributed by atoms with van der Waals surface area (Å²) < 4.78 is 34.7. The molecule has 2 aromatic rings. The molecule has 0 aliphatic rings. The van der Waals surface area contributed by atoms with E-state index in [4.69, 9.17) is 26.8 Å². The van der Waals surface area contributed by atoms with Crippen LogP contribution in [0.2, 0.25) is 5.02 Å². The minimum atomic E-state index is -3.28. The molecule has 1 aromatic heterocycles. The molecule has 0 saturated carbocycles. The fraction of sp³-hybridized carbons (Fsp3) is 0.353. The number of rotatable bonds is 8. The summed E-state index contributed by atoms with van der Waals surface area (Å²) in [5.41, 5.74) is 6.96. The first-order valence-electron chi connectivity index (χ1n) is 7.89. The van der Waals surface area contributed by atoms with E-state index in [1.165, 1.54) is 12.5 Å². The van der Waals surface area contributed by atoms with Crippen LogP contribution < -0.4 is 20.5 Å². The molecule has 26 heavy (non-hydrogen) atoms. The Kier molecular flexibility index (Phi) is 6.55. The number of sulfone groups is 1. The normalized spacial score (nSPS) is 12.5. The minimum Gasteiger partial charge on any atom is -0.493 e. The summed E-state index contributed by atoms with van der Waals surface area (Å²) in [6.07, 6.45) is 2.62. The maximum Gasteiger partial charge on any atom is 0.161 e. The number of benzene rings is 1. The van der Waals surface area contributed by atoms with Gasteiger partial charge in [0, 0.05) is 12.5 Å². The van der Waals surface area contributed by atoms with Crippen LogP contribution in [0.15, 0.2) is 30.5 Å². The van der Waals surface area contributed by atoms with E-state index < -0.39 is 15.9 Å². The second-order valence-electron chi connectivity index (χ2n) is 5.72. The molecule has 1 heterocycles. The molecule has 2 rings (SSSR count). The Morgan fingerprint density at radius 2 is 2.04 bits per heavy atom. The van der Waals surface area contributed by atoms with Gasteiger partial charge < -0.3 is 20.5 Å². The Bertz CT molecular complexity index is 874. The van der Waals surface area contributed by atoms with Gasteiger partial charge >= 0.3 is 0 Å². The fourth-order valence-corrected chi connectivity index (χ4v) is 3.49. The summed E-state index contributed by atoms with van der Waals surface area (Å²) in [7, 11) is -1.74. The molecule has 0 spiro atoms. The van der Waals surface area contributed by atoms with E-state index in [0.29, 0.717) is 40.2 Å². The first kappa shape index (κ1) is 20.1. The zero-order valence-corrected chi connectivity index (χ0v) is 16.4. The van der Waals surface area contributed by atoms with Gasteiger partial charge in [0.25, 0.3) is 0 Å². The van der Waals surface area contributed by atoms with Gasteiger partial charge in [0.15, 0.2) is 11.5 Å². The van der Waals surface area contributed by atoms with Crippen molar-refractivity contribution in [1.82, 2.24) is 4.98 Å². The lowest BCUT2D eigenvalue weighted by molar-refractivity contribution is 0.310. The molecule has 0 fully saturated rings. The van der Waals surface area contributed by atoms with Crippen molar-refractivity contribution in [3.8, 4) is 11.5 Å². The number of nitrogens with one attached hydrogen (secondary N) is 1. The van der Waals surface area contributed by atoms with Gasteiger partial charge in [-0.25, -0.2) is 13.4 Å². The number of nitrogens with two attached hydrogens (primary N) is 1. The predicted molar refractivity (Wildman–Crippen MR) is 104 cm³/mol. The van der Waals surface area contributed by atoms with Gasteiger partial charge in [-0.15, -0.1) is 0 Å². The average Bonchev–Trinajstić information content (AvgIpc) is 2.55. The van der Waals surface area contributed by atoms with Gasteiger partial charge in [-0.1, -0.05) is 17.7 Å². The number of pyridine rings is 1. The summed E-state index contributed by atoms with van der Waals surface area (Å²) >= 11 is 5.87. The zero-order valence-electron chi connectivity index (χ0n) is 14.8. The molecular formula is C17H22ClN3O4S. The van der Waals surface area contributed by atoms with E-state index in [2.05, 4.69) is 10.3 Å². The van der Waals surface area contributed by atoms with Gasteiger partial charge in [-0.3, -0.25) is 0 Å². The summed E-state index contributed by atoms with van der Waals surface area (Å²) in [6.45, 7) is 2.31. The van der Waals surface area contributed by atoms with Crippen molar-refractivity contribution in [2.75, 3.05) is 36.8 Å². The molecule has 0 aliphatic heterocycles. The van der Waals surface area contributed by atoms with Gasteiger partial charge in [0.05, 0.1) is 36.2 Å². The molecule has 0 aliphatic carbocycles. The second kappa shape index (κ2) is 8.46. The highest BCUT2D eigenvalue weighted by atomic mass is 35.5. The topological polar surface area (TPSA) is 104 Å². The van der Waals surface area contributed by atoms with Crippen LogP contribution in [-0.2, 0) is 9.84 Å². The van der Waals surface area contributed by atoms with Crippen molar-refractivity contribution in [2.45, 2.75) is 13.0 Å². The van der Waals surface area contributed by atoms with Crippen molar-refractivity contribution >= 4 is 32.9 Å². The first-order chi connectivity index (χ1) is 12.2. The molecule has 0 bridgehead atoms. The summed E-state index contributed by atoms with van der Waals surface area (Å²) in [5.74, 6) is 1.31. The fourth-order valence-electron chi connectivity index (χ4n) is 2.44. The van der Waals surface area contributed by atoms with E-state index >= 15 is 0 Å². The lowest BCUT2D eigenvalue weighted by Crippen LogP contribution is -2.22. The van der Waals surface area contributed by atoms with Crippen molar-refractivity contribution in [2.24, 2.45) is 0 Å². The van der Waals surface area contributed by atoms with E-state index in [0.717, 1.165) is 0 Å². The molecule has 142 valence electrons. The molecule has 0 amide bonds. The maximum absolute atomic E-state index is 11.9. The molecule has 0 unspecified atom stereocenters. The molecular weight excluding hydrogens is 378 g/mol. The van der Waals surface area contributed by atoms with Crippen molar-refractivity contribution in [3.05, 3.63) is 41.0 Å².